The molecule has 0 saturated heterocycles. The van der Waals surface area contributed by atoms with Crippen molar-refractivity contribution in [1.29, 1.82) is 0 Å². The van der Waals surface area contributed by atoms with Gasteiger partial charge in [0, 0.05) is 13.6 Å². The molecule has 1 saturated carbocycles. The Bertz CT molecular complexity index is 282. The highest BCUT2D eigenvalue weighted by Gasteiger charge is 2.34. The molecule has 2 amide bonds. The average molecular weight is 230 g/mol. The number of carbonyl (C=O) groups is 2. The molecule has 6 nitrogen and oxygen atoms in total. The van der Waals surface area contributed by atoms with E-state index in [0.29, 0.717) is 18.4 Å². The van der Waals surface area contributed by atoms with Gasteiger partial charge in [-0.25, -0.2) is 9.59 Å². The predicted octanol–water partition coefficient (Wildman–Crippen LogP) is -0.271. The first-order chi connectivity index (χ1) is 7.45. The van der Waals surface area contributed by atoms with Gasteiger partial charge in [0.05, 0.1) is 6.61 Å². The summed E-state index contributed by atoms with van der Waals surface area (Å²) in [6, 6.07) is -1.69. The van der Waals surface area contributed by atoms with Gasteiger partial charge in [-0.1, -0.05) is 6.92 Å². The lowest BCUT2D eigenvalue weighted by Crippen LogP contribution is -2.48. The Morgan fingerprint density at radius 1 is 1.56 bits per heavy atom. The van der Waals surface area contributed by atoms with Crippen LogP contribution in [-0.2, 0) is 4.79 Å². The van der Waals surface area contributed by atoms with Crippen LogP contribution in [0.1, 0.15) is 13.3 Å². The van der Waals surface area contributed by atoms with E-state index in [0.717, 1.165) is 6.42 Å². The molecule has 0 heterocycles. The average Bonchev–Trinajstić information content (AvgIpc) is 2.89. The quantitative estimate of drug-likeness (QED) is 0.606. The molecule has 0 aromatic rings. The lowest BCUT2D eigenvalue weighted by Gasteiger charge is -2.20. The molecule has 16 heavy (non-hydrogen) atoms. The van der Waals surface area contributed by atoms with Gasteiger partial charge in [-0.05, 0) is 18.3 Å². The molecular formula is C10H18N2O4. The van der Waals surface area contributed by atoms with E-state index in [2.05, 4.69) is 12.2 Å². The number of hydrogen-bond donors (Lipinski definition) is 3. The van der Waals surface area contributed by atoms with Gasteiger partial charge in [0.2, 0.25) is 0 Å². The van der Waals surface area contributed by atoms with Gasteiger partial charge in [0.15, 0.2) is 6.04 Å². The van der Waals surface area contributed by atoms with Crippen molar-refractivity contribution < 1.29 is 19.8 Å². The molecule has 1 aliphatic carbocycles. The minimum Gasteiger partial charge on any atom is -0.480 e. The van der Waals surface area contributed by atoms with E-state index < -0.39 is 24.6 Å². The van der Waals surface area contributed by atoms with Crippen molar-refractivity contribution in [3.63, 3.8) is 0 Å². The number of aliphatic hydroxyl groups is 1. The number of carboxylic acid groups (broad SMARTS) is 1. The van der Waals surface area contributed by atoms with Crippen molar-refractivity contribution >= 4 is 12.0 Å². The second kappa shape index (κ2) is 5.16. The predicted molar refractivity (Wildman–Crippen MR) is 56.9 cm³/mol. The lowest BCUT2D eigenvalue weighted by atomic mass is 10.3. The number of urea groups is 1. The van der Waals surface area contributed by atoms with Gasteiger partial charge >= 0.3 is 12.0 Å². The van der Waals surface area contributed by atoms with Crippen LogP contribution in [0, 0.1) is 11.8 Å². The Labute approximate surface area is 94.2 Å². The fourth-order valence-electron chi connectivity index (χ4n) is 1.53. The first-order valence-corrected chi connectivity index (χ1v) is 5.31. The Balaban J connectivity index is 2.35. The summed E-state index contributed by atoms with van der Waals surface area (Å²) in [5, 5.41) is 19.6. The summed E-state index contributed by atoms with van der Waals surface area (Å²) in [7, 11) is 1.62. The molecule has 3 atom stereocenters. The van der Waals surface area contributed by atoms with Crippen LogP contribution in [0.25, 0.3) is 0 Å². The Morgan fingerprint density at radius 3 is 2.50 bits per heavy atom. The van der Waals surface area contributed by atoms with E-state index >= 15 is 0 Å². The molecular weight excluding hydrogens is 212 g/mol. The van der Waals surface area contributed by atoms with E-state index in [1.807, 2.05) is 0 Å². The molecule has 2 unspecified atom stereocenters. The summed E-state index contributed by atoms with van der Waals surface area (Å²) in [4.78, 5) is 23.6. The van der Waals surface area contributed by atoms with Gasteiger partial charge in [-0.3, -0.25) is 0 Å². The molecule has 1 fully saturated rings. The summed E-state index contributed by atoms with van der Waals surface area (Å²) in [5.41, 5.74) is 0. The summed E-state index contributed by atoms with van der Waals surface area (Å²) in [5.74, 6) is -0.0689. The largest absolute Gasteiger partial charge is 0.480 e. The SMILES string of the molecule is CC1CC1CN(C)C(=O)N[C@H](CO)C(=O)O. The number of hydrogen-bond acceptors (Lipinski definition) is 3. The van der Waals surface area contributed by atoms with Crippen LogP contribution in [0.15, 0.2) is 0 Å². The molecule has 0 aliphatic heterocycles. The first kappa shape index (κ1) is 12.8. The van der Waals surface area contributed by atoms with Crippen molar-refractivity contribution in [1.82, 2.24) is 10.2 Å². The summed E-state index contributed by atoms with van der Waals surface area (Å²) in [6.45, 7) is 2.14. The number of aliphatic carboxylic acids is 1. The first-order valence-electron chi connectivity index (χ1n) is 5.31. The third kappa shape index (κ3) is 3.37. The number of rotatable bonds is 5. The maximum absolute atomic E-state index is 11.5. The molecule has 92 valence electrons. The lowest BCUT2D eigenvalue weighted by molar-refractivity contribution is -0.140. The Hall–Kier alpha value is -1.30. The molecule has 1 aliphatic rings. The van der Waals surface area contributed by atoms with Gasteiger partial charge in [0.1, 0.15) is 0 Å². The van der Waals surface area contributed by atoms with Gasteiger partial charge < -0.3 is 20.4 Å². The summed E-state index contributed by atoms with van der Waals surface area (Å²) >= 11 is 0. The zero-order chi connectivity index (χ0) is 12.3. The van der Waals surface area contributed by atoms with Gasteiger partial charge in [-0.15, -0.1) is 0 Å². The van der Waals surface area contributed by atoms with E-state index in [1.165, 1.54) is 4.90 Å². The van der Waals surface area contributed by atoms with Crippen molar-refractivity contribution in [2.45, 2.75) is 19.4 Å². The minimum absolute atomic E-state index is 0.458. The van der Waals surface area contributed by atoms with Crippen molar-refractivity contribution in [3.8, 4) is 0 Å². The highest BCUT2D eigenvalue weighted by Crippen LogP contribution is 2.37. The molecule has 0 radical (unpaired) electrons. The van der Waals surface area contributed by atoms with Gasteiger partial charge in [0.25, 0.3) is 0 Å². The number of amides is 2. The standard InChI is InChI=1S/C10H18N2O4/c1-6-3-7(6)4-12(2)10(16)11-8(5-13)9(14)15/h6-8,13H,3-5H2,1-2H3,(H,11,16)(H,14,15)/t6?,7?,8-/m1/s1. The van der Waals surface area contributed by atoms with Crippen molar-refractivity contribution in [2.24, 2.45) is 11.8 Å². The summed E-state index contributed by atoms with van der Waals surface area (Å²) in [6.07, 6.45) is 1.11. The normalized spacial score (nSPS) is 24.7. The Kier molecular flexibility index (Phi) is 4.12. The third-order valence-corrected chi connectivity index (χ3v) is 2.91. The van der Waals surface area contributed by atoms with E-state index in [-0.39, 0.29) is 0 Å². The van der Waals surface area contributed by atoms with Crippen LogP contribution >= 0.6 is 0 Å². The highest BCUT2D eigenvalue weighted by molar-refractivity contribution is 5.82. The molecule has 6 heteroatoms. The molecule has 0 aromatic heterocycles. The van der Waals surface area contributed by atoms with Crippen LogP contribution < -0.4 is 5.32 Å². The molecule has 0 bridgehead atoms. The fourth-order valence-corrected chi connectivity index (χ4v) is 1.53. The van der Waals surface area contributed by atoms with Crippen LogP contribution in [0.3, 0.4) is 0 Å². The number of aliphatic hydroxyl groups excluding tert-OH is 1. The minimum atomic E-state index is -1.23. The second-order valence-electron chi connectivity index (χ2n) is 4.38. The van der Waals surface area contributed by atoms with Crippen LogP contribution in [0.2, 0.25) is 0 Å². The fraction of sp³-hybridized carbons (Fsp3) is 0.800. The van der Waals surface area contributed by atoms with Crippen LogP contribution in [-0.4, -0.2) is 53.4 Å². The van der Waals surface area contributed by atoms with Crippen molar-refractivity contribution in [3.05, 3.63) is 0 Å². The summed E-state index contributed by atoms with van der Waals surface area (Å²) < 4.78 is 0. The number of nitrogens with zero attached hydrogens (tertiary/aromatic N) is 1. The number of nitrogens with one attached hydrogen (secondary N) is 1. The van der Waals surface area contributed by atoms with E-state index in [1.54, 1.807) is 7.05 Å². The maximum Gasteiger partial charge on any atom is 0.328 e. The number of carboxylic acids is 1. The smallest absolute Gasteiger partial charge is 0.328 e. The second-order valence-corrected chi connectivity index (χ2v) is 4.38. The van der Waals surface area contributed by atoms with E-state index in [4.69, 9.17) is 10.2 Å². The zero-order valence-electron chi connectivity index (χ0n) is 9.51. The monoisotopic (exact) mass is 230 g/mol. The van der Waals surface area contributed by atoms with Crippen LogP contribution in [0.5, 0.6) is 0 Å². The van der Waals surface area contributed by atoms with Crippen LogP contribution in [0.4, 0.5) is 4.79 Å². The topological polar surface area (TPSA) is 89.9 Å². The molecule has 3 N–H and O–H groups in total. The maximum atomic E-state index is 11.5. The third-order valence-electron chi connectivity index (χ3n) is 2.91. The zero-order valence-corrected chi connectivity index (χ0v) is 9.51. The highest BCUT2D eigenvalue weighted by atomic mass is 16.4. The van der Waals surface area contributed by atoms with Crippen molar-refractivity contribution in [2.75, 3.05) is 20.2 Å². The molecule has 1 rings (SSSR count). The van der Waals surface area contributed by atoms with Gasteiger partial charge in [-0.2, -0.15) is 0 Å². The Morgan fingerprint density at radius 2 is 2.12 bits per heavy atom. The molecule has 0 aromatic carbocycles. The number of carbonyl (C=O) groups excluding carboxylic acids is 1. The molecule has 0 spiro atoms. The van der Waals surface area contributed by atoms with E-state index in [9.17, 15) is 9.59 Å².